The maximum absolute atomic E-state index is 13.2. The van der Waals surface area contributed by atoms with Gasteiger partial charge < -0.3 is 23.8 Å². The SMILES string of the molecule is COc1ccc(OCCCN2C(=O)C3(OCCCO3)c3cc(C)ccc32)cc1. The summed E-state index contributed by atoms with van der Waals surface area (Å²) in [5.74, 6) is 0.146. The molecule has 0 unspecified atom stereocenters. The van der Waals surface area contributed by atoms with Gasteiger partial charge in [-0.05, 0) is 56.2 Å². The van der Waals surface area contributed by atoms with Crippen LogP contribution in [0.5, 0.6) is 11.5 Å². The first-order valence-electron chi connectivity index (χ1n) is 9.62. The van der Waals surface area contributed by atoms with E-state index >= 15 is 0 Å². The molecule has 4 rings (SSSR count). The molecule has 2 aromatic rings. The average Bonchev–Trinajstić information content (AvgIpc) is 2.94. The molecule has 6 heteroatoms. The van der Waals surface area contributed by atoms with Crippen molar-refractivity contribution in [2.75, 3.05) is 38.4 Å². The molecule has 2 aliphatic rings. The number of carbonyl (C=O) groups is 1. The van der Waals surface area contributed by atoms with Gasteiger partial charge in [-0.2, -0.15) is 0 Å². The Morgan fingerprint density at radius 1 is 1.07 bits per heavy atom. The molecular formula is C22H25NO5. The van der Waals surface area contributed by atoms with Crippen molar-refractivity contribution in [1.82, 2.24) is 0 Å². The lowest BCUT2D eigenvalue weighted by molar-refractivity contribution is -0.256. The lowest BCUT2D eigenvalue weighted by atomic mass is 10.0. The number of amides is 1. The molecule has 0 atom stereocenters. The number of fused-ring (bicyclic) bond motifs is 2. The van der Waals surface area contributed by atoms with Crippen molar-refractivity contribution in [2.45, 2.75) is 25.6 Å². The summed E-state index contributed by atoms with van der Waals surface area (Å²) in [7, 11) is 1.63. The van der Waals surface area contributed by atoms with E-state index in [1.807, 2.05) is 49.4 Å². The normalized spacial score (nSPS) is 17.6. The lowest BCUT2D eigenvalue weighted by Gasteiger charge is -2.32. The van der Waals surface area contributed by atoms with Crippen LogP contribution in [-0.4, -0.2) is 39.4 Å². The quantitative estimate of drug-likeness (QED) is 0.716. The summed E-state index contributed by atoms with van der Waals surface area (Å²) in [6.45, 7) is 4.10. The van der Waals surface area contributed by atoms with E-state index in [2.05, 4.69) is 0 Å². The van der Waals surface area contributed by atoms with Crippen LogP contribution >= 0.6 is 0 Å². The van der Waals surface area contributed by atoms with Gasteiger partial charge in [-0.1, -0.05) is 11.6 Å². The summed E-state index contributed by atoms with van der Waals surface area (Å²) in [5, 5.41) is 0. The third-order valence-electron chi connectivity index (χ3n) is 5.08. The predicted molar refractivity (Wildman–Crippen MR) is 105 cm³/mol. The van der Waals surface area contributed by atoms with Gasteiger partial charge in [-0.3, -0.25) is 4.79 Å². The Morgan fingerprint density at radius 3 is 2.50 bits per heavy atom. The van der Waals surface area contributed by atoms with Crippen molar-refractivity contribution in [1.29, 1.82) is 0 Å². The first-order chi connectivity index (χ1) is 13.6. The number of anilines is 1. The molecule has 0 saturated carbocycles. The molecule has 1 amide bonds. The lowest BCUT2D eigenvalue weighted by Crippen LogP contribution is -2.47. The molecule has 148 valence electrons. The van der Waals surface area contributed by atoms with Crippen molar-refractivity contribution < 1.29 is 23.7 Å². The van der Waals surface area contributed by atoms with Crippen molar-refractivity contribution >= 4 is 11.6 Å². The highest BCUT2D eigenvalue weighted by Gasteiger charge is 2.54. The van der Waals surface area contributed by atoms with Crippen LogP contribution in [0.15, 0.2) is 42.5 Å². The van der Waals surface area contributed by atoms with E-state index in [9.17, 15) is 4.79 Å². The monoisotopic (exact) mass is 383 g/mol. The van der Waals surface area contributed by atoms with Crippen LogP contribution in [0.2, 0.25) is 0 Å². The van der Waals surface area contributed by atoms with Crippen LogP contribution < -0.4 is 14.4 Å². The highest BCUT2D eigenvalue weighted by atomic mass is 16.7. The summed E-state index contributed by atoms with van der Waals surface area (Å²) < 4.78 is 22.7. The second kappa shape index (κ2) is 7.81. The Bertz CT molecular complexity index is 843. The van der Waals surface area contributed by atoms with Gasteiger partial charge in [0.05, 0.1) is 32.6 Å². The number of hydrogen-bond donors (Lipinski definition) is 0. The van der Waals surface area contributed by atoms with Gasteiger partial charge >= 0.3 is 0 Å². The van der Waals surface area contributed by atoms with Crippen molar-refractivity contribution in [2.24, 2.45) is 0 Å². The van der Waals surface area contributed by atoms with Gasteiger partial charge in [0, 0.05) is 12.1 Å². The second-order valence-electron chi connectivity index (χ2n) is 7.02. The highest BCUT2D eigenvalue weighted by molar-refractivity contribution is 6.06. The summed E-state index contributed by atoms with van der Waals surface area (Å²) in [5.41, 5.74) is 2.75. The number of ether oxygens (including phenoxy) is 4. The number of carbonyl (C=O) groups excluding carboxylic acids is 1. The Balaban J connectivity index is 1.43. The largest absolute Gasteiger partial charge is 0.497 e. The fraction of sp³-hybridized carbons (Fsp3) is 0.409. The number of methoxy groups -OCH3 is 1. The summed E-state index contributed by atoms with van der Waals surface area (Å²) >= 11 is 0. The maximum atomic E-state index is 13.2. The minimum atomic E-state index is -1.28. The average molecular weight is 383 g/mol. The molecule has 0 N–H and O–H groups in total. The van der Waals surface area contributed by atoms with Gasteiger partial charge in [-0.25, -0.2) is 0 Å². The molecule has 1 saturated heterocycles. The maximum Gasteiger partial charge on any atom is 0.292 e. The Morgan fingerprint density at radius 2 is 1.79 bits per heavy atom. The Hall–Kier alpha value is -2.57. The van der Waals surface area contributed by atoms with E-state index in [4.69, 9.17) is 18.9 Å². The molecule has 6 nitrogen and oxygen atoms in total. The van der Waals surface area contributed by atoms with Crippen LogP contribution in [0.4, 0.5) is 5.69 Å². The zero-order chi connectivity index (χ0) is 19.6. The fourth-order valence-corrected chi connectivity index (χ4v) is 3.67. The molecule has 0 aromatic heterocycles. The third-order valence-corrected chi connectivity index (χ3v) is 5.08. The molecule has 0 bridgehead atoms. The van der Waals surface area contributed by atoms with Crippen LogP contribution in [0, 0.1) is 6.92 Å². The predicted octanol–water partition coefficient (Wildman–Crippen LogP) is 3.41. The summed E-state index contributed by atoms with van der Waals surface area (Å²) in [6, 6.07) is 13.4. The zero-order valence-corrected chi connectivity index (χ0v) is 16.3. The number of rotatable bonds is 6. The number of benzene rings is 2. The Kier molecular flexibility index (Phi) is 5.24. The number of aryl methyl sites for hydroxylation is 1. The van der Waals surface area contributed by atoms with Crippen LogP contribution in [0.1, 0.15) is 24.0 Å². The molecule has 28 heavy (non-hydrogen) atoms. The molecule has 2 aliphatic heterocycles. The van der Waals surface area contributed by atoms with Gasteiger partial charge in [-0.15, -0.1) is 0 Å². The van der Waals surface area contributed by atoms with E-state index in [0.29, 0.717) is 32.8 Å². The minimum absolute atomic E-state index is 0.141. The third kappa shape index (κ3) is 3.34. The number of hydrogen-bond acceptors (Lipinski definition) is 5. The van der Waals surface area contributed by atoms with Gasteiger partial charge in [0.15, 0.2) is 0 Å². The van der Waals surface area contributed by atoms with Gasteiger partial charge in [0.2, 0.25) is 0 Å². The van der Waals surface area contributed by atoms with Crippen LogP contribution in [-0.2, 0) is 20.1 Å². The van der Waals surface area contributed by atoms with E-state index in [1.54, 1.807) is 12.0 Å². The van der Waals surface area contributed by atoms with Crippen molar-refractivity contribution in [3.05, 3.63) is 53.6 Å². The van der Waals surface area contributed by atoms with Crippen LogP contribution in [0.3, 0.4) is 0 Å². The van der Waals surface area contributed by atoms with Crippen LogP contribution in [0.25, 0.3) is 0 Å². The van der Waals surface area contributed by atoms with Crippen molar-refractivity contribution in [3.8, 4) is 11.5 Å². The summed E-state index contributed by atoms with van der Waals surface area (Å²) in [6.07, 6.45) is 1.49. The molecule has 2 heterocycles. The van der Waals surface area contributed by atoms with Gasteiger partial charge in [0.1, 0.15) is 11.5 Å². The minimum Gasteiger partial charge on any atom is -0.497 e. The number of nitrogens with zero attached hydrogens (tertiary/aromatic N) is 1. The first kappa shape index (κ1) is 18.8. The topological polar surface area (TPSA) is 57.2 Å². The van der Waals surface area contributed by atoms with E-state index < -0.39 is 5.79 Å². The Labute approximate surface area is 165 Å². The van der Waals surface area contributed by atoms with Gasteiger partial charge in [0.25, 0.3) is 11.7 Å². The molecule has 0 aliphatic carbocycles. The summed E-state index contributed by atoms with van der Waals surface area (Å²) in [4.78, 5) is 15.0. The van der Waals surface area contributed by atoms with Crippen molar-refractivity contribution in [3.63, 3.8) is 0 Å². The second-order valence-corrected chi connectivity index (χ2v) is 7.02. The molecule has 1 fully saturated rings. The fourth-order valence-electron chi connectivity index (χ4n) is 3.67. The standard InChI is InChI=1S/C22H25NO5/c1-16-5-10-20-19(15-16)22(27-13-4-14-28-22)21(24)23(20)11-3-12-26-18-8-6-17(25-2)7-9-18/h5-10,15H,3-4,11-14H2,1-2H3. The van der Waals surface area contributed by atoms with E-state index in [-0.39, 0.29) is 5.91 Å². The zero-order valence-electron chi connectivity index (χ0n) is 16.3. The highest BCUT2D eigenvalue weighted by Crippen LogP contribution is 2.45. The van der Waals surface area contributed by atoms with E-state index in [0.717, 1.165) is 34.7 Å². The molecule has 2 aromatic carbocycles. The van der Waals surface area contributed by atoms with E-state index in [1.165, 1.54) is 0 Å². The molecule has 0 radical (unpaired) electrons. The molecular weight excluding hydrogens is 358 g/mol. The smallest absolute Gasteiger partial charge is 0.292 e. The molecule has 1 spiro atoms. The first-order valence-corrected chi connectivity index (χ1v) is 9.62.